The molecule has 1 aromatic carbocycles. The molecule has 21 heavy (non-hydrogen) atoms. The van der Waals surface area contributed by atoms with Crippen molar-refractivity contribution in [2.24, 2.45) is 0 Å². The van der Waals surface area contributed by atoms with Crippen LogP contribution in [0.25, 0.3) is 0 Å². The van der Waals surface area contributed by atoms with Crippen LogP contribution in [0.3, 0.4) is 0 Å². The van der Waals surface area contributed by atoms with Gasteiger partial charge in [-0.1, -0.05) is 32.0 Å². The van der Waals surface area contributed by atoms with E-state index in [4.69, 9.17) is 0 Å². The van der Waals surface area contributed by atoms with Gasteiger partial charge in [-0.15, -0.1) is 0 Å². The summed E-state index contributed by atoms with van der Waals surface area (Å²) in [5.41, 5.74) is 3.60. The highest BCUT2D eigenvalue weighted by molar-refractivity contribution is 5.44. The molecule has 2 rings (SSSR count). The number of nitrogens with one attached hydrogen (secondary N) is 1. The Labute approximate surface area is 128 Å². The third kappa shape index (κ3) is 5.20. The van der Waals surface area contributed by atoms with Crippen molar-refractivity contribution in [2.75, 3.05) is 25.0 Å². The number of pyridine rings is 1. The summed E-state index contributed by atoms with van der Waals surface area (Å²) >= 11 is 0. The second-order valence-electron chi connectivity index (χ2n) is 5.15. The van der Waals surface area contributed by atoms with Crippen molar-refractivity contribution in [1.82, 2.24) is 9.88 Å². The maximum Gasteiger partial charge on any atom is 0.0594 e. The van der Waals surface area contributed by atoms with Crippen LogP contribution in [0.2, 0.25) is 0 Å². The van der Waals surface area contributed by atoms with Crippen LogP contribution in [0, 0.1) is 0 Å². The molecular weight excluding hydrogens is 258 g/mol. The van der Waals surface area contributed by atoms with Gasteiger partial charge in [-0.3, -0.25) is 4.98 Å². The van der Waals surface area contributed by atoms with E-state index in [9.17, 15) is 0 Å². The minimum absolute atomic E-state index is 0.764. The van der Waals surface area contributed by atoms with Crippen molar-refractivity contribution in [3.05, 3.63) is 59.9 Å². The zero-order valence-corrected chi connectivity index (χ0v) is 13.0. The van der Waals surface area contributed by atoms with Crippen LogP contribution in [0.5, 0.6) is 0 Å². The number of nitrogens with zero attached hydrogens (tertiary/aromatic N) is 2. The Balaban J connectivity index is 1.81. The molecule has 0 bridgehead atoms. The molecule has 0 fully saturated rings. The molecule has 3 nitrogen and oxygen atoms in total. The topological polar surface area (TPSA) is 28.2 Å². The molecule has 0 amide bonds. The van der Waals surface area contributed by atoms with E-state index < -0.39 is 0 Å². The van der Waals surface area contributed by atoms with Crippen LogP contribution in [-0.2, 0) is 13.0 Å². The Bertz CT molecular complexity index is 504. The van der Waals surface area contributed by atoms with Crippen LogP contribution < -0.4 is 5.32 Å². The molecule has 0 spiro atoms. The van der Waals surface area contributed by atoms with Crippen molar-refractivity contribution >= 4 is 5.69 Å². The zero-order valence-electron chi connectivity index (χ0n) is 13.0. The number of hydrogen-bond acceptors (Lipinski definition) is 3. The van der Waals surface area contributed by atoms with Gasteiger partial charge in [0, 0.05) is 18.4 Å². The molecule has 0 radical (unpaired) electrons. The third-order valence-electron chi connectivity index (χ3n) is 3.76. The van der Waals surface area contributed by atoms with Gasteiger partial charge in [0.05, 0.1) is 12.2 Å². The number of likely N-dealkylation sites (N-methyl/N-ethyl adjacent to an activating group) is 1. The zero-order chi connectivity index (χ0) is 14.9. The van der Waals surface area contributed by atoms with E-state index in [0.29, 0.717) is 0 Å². The summed E-state index contributed by atoms with van der Waals surface area (Å²) in [6.45, 7) is 8.58. The molecule has 1 aromatic heterocycles. The second kappa shape index (κ2) is 8.42. The van der Waals surface area contributed by atoms with Crippen molar-refractivity contribution in [3.63, 3.8) is 0 Å². The predicted molar refractivity (Wildman–Crippen MR) is 89.5 cm³/mol. The molecule has 0 atom stereocenters. The first-order chi connectivity index (χ1) is 10.3. The van der Waals surface area contributed by atoms with E-state index in [0.717, 1.165) is 44.0 Å². The van der Waals surface area contributed by atoms with Gasteiger partial charge in [0.25, 0.3) is 0 Å². The summed E-state index contributed by atoms with van der Waals surface area (Å²) in [6, 6.07) is 14.7. The first-order valence-corrected chi connectivity index (χ1v) is 7.77. The maximum atomic E-state index is 4.31. The molecule has 0 unspecified atom stereocenters. The SMILES string of the molecule is CCN(CC)CCc1ccc(NCc2ccccn2)cc1. The fourth-order valence-electron chi connectivity index (χ4n) is 2.31. The minimum atomic E-state index is 0.764. The van der Waals surface area contributed by atoms with Crippen LogP contribution in [0.15, 0.2) is 48.7 Å². The average Bonchev–Trinajstić information content (AvgIpc) is 2.56. The van der Waals surface area contributed by atoms with Gasteiger partial charge in [-0.05, 0) is 49.3 Å². The highest BCUT2D eigenvalue weighted by Gasteiger charge is 2.00. The number of anilines is 1. The molecule has 1 N–H and O–H groups in total. The Morgan fingerprint density at radius 2 is 1.76 bits per heavy atom. The maximum absolute atomic E-state index is 4.31. The normalized spacial score (nSPS) is 10.8. The largest absolute Gasteiger partial charge is 0.379 e. The van der Waals surface area contributed by atoms with Gasteiger partial charge in [-0.25, -0.2) is 0 Å². The van der Waals surface area contributed by atoms with E-state index in [-0.39, 0.29) is 0 Å². The van der Waals surface area contributed by atoms with E-state index in [2.05, 4.69) is 53.3 Å². The molecular formula is C18H25N3. The summed E-state index contributed by atoms with van der Waals surface area (Å²) in [5, 5.41) is 3.40. The monoisotopic (exact) mass is 283 g/mol. The number of aromatic nitrogens is 1. The summed E-state index contributed by atoms with van der Waals surface area (Å²) < 4.78 is 0. The fraction of sp³-hybridized carbons (Fsp3) is 0.389. The lowest BCUT2D eigenvalue weighted by Crippen LogP contribution is -2.25. The van der Waals surface area contributed by atoms with Crippen molar-refractivity contribution in [3.8, 4) is 0 Å². The Morgan fingerprint density at radius 1 is 1.00 bits per heavy atom. The molecule has 2 aromatic rings. The van der Waals surface area contributed by atoms with Crippen molar-refractivity contribution < 1.29 is 0 Å². The smallest absolute Gasteiger partial charge is 0.0594 e. The van der Waals surface area contributed by atoms with Gasteiger partial charge in [0.1, 0.15) is 0 Å². The number of benzene rings is 1. The average molecular weight is 283 g/mol. The quantitative estimate of drug-likeness (QED) is 0.802. The first kappa shape index (κ1) is 15.5. The van der Waals surface area contributed by atoms with Crippen molar-refractivity contribution in [2.45, 2.75) is 26.8 Å². The van der Waals surface area contributed by atoms with E-state index in [1.165, 1.54) is 5.56 Å². The molecule has 1 heterocycles. The minimum Gasteiger partial charge on any atom is -0.379 e. The van der Waals surface area contributed by atoms with Crippen LogP contribution in [0.1, 0.15) is 25.1 Å². The lowest BCUT2D eigenvalue weighted by molar-refractivity contribution is 0.308. The first-order valence-electron chi connectivity index (χ1n) is 7.77. The standard InChI is InChI=1S/C18H25N3/c1-3-21(4-2)14-12-16-8-10-17(11-9-16)20-15-18-7-5-6-13-19-18/h5-11,13,20H,3-4,12,14-15H2,1-2H3. The van der Waals surface area contributed by atoms with Gasteiger partial charge in [0.2, 0.25) is 0 Å². The summed E-state index contributed by atoms with van der Waals surface area (Å²) in [5.74, 6) is 0. The molecule has 0 aliphatic rings. The van der Waals surface area contributed by atoms with Crippen LogP contribution >= 0.6 is 0 Å². The highest BCUT2D eigenvalue weighted by atomic mass is 15.1. The van der Waals surface area contributed by atoms with E-state index in [1.807, 2.05) is 24.4 Å². The molecule has 0 aliphatic heterocycles. The van der Waals surface area contributed by atoms with Gasteiger partial charge in [-0.2, -0.15) is 0 Å². The predicted octanol–water partition coefficient (Wildman–Crippen LogP) is 3.58. The molecule has 0 saturated carbocycles. The molecule has 112 valence electrons. The Morgan fingerprint density at radius 3 is 2.38 bits per heavy atom. The Kier molecular flexibility index (Phi) is 6.22. The molecule has 0 saturated heterocycles. The van der Waals surface area contributed by atoms with Crippen LogP contribution in [0.4, 0.5) is 5.69 Å². The van der Waals surface area contributed by atoms with Gasteiger partial charge < -0.3 is 10.2 Å². The van der Waals surface area contributed by atoms with E-state index >= 15 is 0 Å². The Hall–Kier alpha value is -1.87. The number of rotatable bonds is 8. The van der Waals surface area contributed by atoms with Crippen LogP contribution in [-0.4, -0.2) is 29.5 Å². The fourth-order valence-corrected chi connectivity index (χ4v) is 2.31. The van der Waals surface area contributed by atoms with E-state index in [1.54, 1.807) is 0 Å². The third-order valence-corrected chi connectivity index (χ3v) is 3.76. The molecule has 3 heteroatoms. The van der Waals surface area contributed by atoms with Crippen molar-refractivity contribution in [1.29, 1.82) is 0 Å². The molecule has 0 aliphatic carbocycles. The lowest BCUT2D eigenvalue weighted by atomic mass is 10.1. The van der Waals surface area contributed by atoms with Gasteiger partial charge in [0.15, 0.2) is 0 Å². The summed E-state index contributed by atoms with van der Waals surface area (Å²) in [7, 11) is 0. The lowest BCUT2D eigenvalue weighted by Gasteiger charge is -2.17. The highest BCUT2D eigenvalue weighted by Crippen LogP contribution is 2.11. The number of hydrogen-bond donors (Lipinski definition) is 1. The summed E-state index contributed by atoms with van der Waals surface area (Å²) in [6.07, 6.45) is 2.94. The summed E-state index contributed by atoms with van der Waals surface area (Å²) in [4.78, 5) is 6.76. The van der Waals surface area contributed by atoms with Gasteiger partial charge >= 0.3 is 0 Å². The second-order valence-corrected chi connectivity index (χ2v) is 5.15.